The van der Waals surface area contributed by atoms with Crippen molar-refractivity contribution in [2.24, 2.45) is 0 Å². The number of hydrogen-bond acceptors (Lipinski definition) is 1. The van der Waals surface area contributed by atoms with Gasteiger partial charge in [-0.05, 0) is 30.5 Å². The molecule has 0 radical (unpaired) electrons. The second-order valence-corrected chi connectivity index (χ2v) is 6.11. The predicted octanol–water partition coefficient (Wildman–Crippen LogP) is 4.70. The highest BCUT2D eigenvalue weighted by molar-refractivity contribution is 9.09. The van der Waals surface area contributed by atoms with E-state index >= 15 is 0 Å². The van der Waals surface area contributed by atoms with Gasteiger partial charge in [-0.25, -0.2) is 0 Å². The number of nitrogens with zero attached hydrogens (tertiary/aromatic N) is 1. The number of halogens is 1. The van der Waals surface area contributed by atoms with Crippen molar-refractivity contribution in [3.05, 3.63) is 70.8 Å². The lowest BCUT2D eigenvalue weighted by Crippen LogP contribution is -2.25. The first kappa shape index (κ1) is 15.3. The van der Waals surface area contributed by atoms with E-state index in [1.165, 1.54) is 22.3 Å². The van der Waals surface area contributed by atoms with E-state index in [9.17, 15) is 0 Å². The summed E-state index contributed by atoms with van der Waals surface area (Å²) in [6.45, 7) is 7.43. The molecule has 0 N–H and O–H groups in total. The summed E-state index contributed by atoms with van der Waals surface area (Å²) in [6, 6.07) is 17.4. The number of aryl methyl sites for hydroxylation is 2. The molecule has 0 aromatic heterocycles. The molecular formula is C18H22BrN. The second kappa shape index (κ2) is 7.61. The van der Waals surface area contributed by atoms with E-state index in [0.717, 1.165) is 25.0 Å². The molecule has 0 aliphatic carbocycles. The number of benzene rings is 2. The zero-order chi connectivity index (χ0) is 14.4. The van der Waals surface area contributed by atoms with Crippen LogP contribution in [-0.4, -0.2) is 16.8 Å². The molecule has 2 aromatic carbocycles. The zero-order valence-electron chi connectivity index (χ0n) is 12.3. The van der Waals surface area contributed by atoms with Crippen LogP contribution in [0.25, 0.3) is 0 Å². The maximum Gasteiger partial charge on any atom is 0.0240 e. The molecule has 0 saturated heterocycles. The minimum atomic E-state index is 1.000. The molecule has 0 amide bonds. The van der Waals surface area contributed by atoms with Crippen molar-refractivity contribution in [3.63, 3.8) is 0 Å². The minimum absolute atomic E-state index is 1.000. The molecule has 0 fully saturated rings. The van der Waals surface area contributed by atoms with Crippen molar-refractivity contribution in [3.8, 4) is 0 Å². The molecule has 0 unspecified atom stereocenters. The first-order valence-electron chi connectivity index (χ1n) is 7.07. The van der Waals surface area contributed by atoms with Gasteiger partial charge in [0, 0.05) is 25.0 Å². The van der Waals surface area contributed by atoms with E-state index in [-0.39, 0.29) is 0 Å². The summed E-state index contributed by atoms with van der Waals surface area (Å²) in [5.74, 6) is 0. The highest BCUT2D eigenvalue weighted by atomic mass is 79.9. The molecule has 0 saturated carbocycles. The standard InChI is InChI=1S/C18H22BrN/c1-15-8-9-16(2)18(12-15)14-20(11-10-19)13-17-6-4-3-5-7-17/h3-9,12H,10-11,13-14H2,1-2H3. The van der Waals surface area contributed by atoms with Crippen LogP contribution in [0.4, 0.5) is 0 Å². The van der Waals surface area contributed by atoms with Gasteiger partial charge in [0.15, 0.2) is 0 Å². The summed E-state index contributed by atoms with van der Waals surface area (Å²) >= 11 is 3.57. The zero-order valence-corrected chi connectivity index (χ0v) is 13.9. The molecule has 0 spiro atoms. The summed E-state index contributed by atoms with van der Waals surface area (Å²) in [5.41, 5.74) is 5.52. The maximum absolute atomic E-state index is 3.57. The van der Waals surface area contributed by atoms with Crippen LogP contribution in [0.5, 0.6) is 0 Å². The van der Waals surface area contributed by atoms with Crippen LogP contribution >= 0.6 is 15.9 Å². The molecule has 0 atom stereocenters. The van der Waals surface area contributed by atoms with Gasteiger partial charge in [0.1, 0.15) is 0 Å². The molecule has 2 heteroatoms. The predicted molar refractivity (Wildman–Crippen MR) is 90.3 cm³/mol. The molecule has 0 aliphatic heterocycles. The first-order valence-corrected chi connectivity index (χ1v) is 8.19. The number of hydrogen-bond donors (Lipinski definition) is 0. The topological polar surface area (TPSA) is 3.24 Å². The van der Waals surface area contributed by atoms with Gasteiger partial charge in [0.25, 0.3) is 0 Å². The normalized spacial score (nSPS) is 11.0. The van der Waals surface area contributed by atoms with Gasteiger partial charge in [-0.3, -0.25) is 4.90 Å². The van der Waals surface area contributed by atoms with Crippen molar-refractivity contribution >= 4 is 15.9 Å². The Kier molecular flexibility index (Phi) is 5.81. The summed E-state index contributed by atoms with van der Waals surface area (Å²) in [5, 5.41) is 1.00. The van der Waals surface area contributed by atoms with Gasteiger partial charge in [-0.15, -0.1) is 0 Å². The third-order valence-electron chi connectivity index (χ3n) is 3.55. The third kappa shape index (κ3) is 4.46. The fourth-order valence-electron chi connectivity index (χ4n) is 2.39. The maximum atomic E-state index is 3.57. The van der Waals surface area contributed by atoms with Crippen LogP contribution < -0.4 is 0 Å². The third-order valence-corrected chi connectivity index (χ3v) is 3.90. The van der Waals surface area contributed by atoms with E-state index < -0.39 is 0 Å². The van der Waals surface area contributed by atoms with Crippen LogP contribution in [0.1, 0.15) is 22.3 Å². The Morgan fingerprint density at radius 1 is 0.950 bits per heavy atom. The van der Waals surface area contributed by atoms with Crippen molar-refractivity contribution in [2.75, 3.05) is 11.9 Å². The molecular weight excluding hydrogens is 310 g/mol. The van der Waals surface area contributed by atoms with Crippen LogP contribution in [0, 0.1) is 13.8 Å². The van der Waals surface area contributed by atoms with E-state index in [1.54, 1.807) is 0 Å². The summed E-state index contributed by atoms with van der Waals surface area (Å²) in [7, 11) is 0. The van der Waals surface area contributed by atoms with Crippen molar-refractivity contribution in [2.45, 2.75) is 26.9 Å². The van der Waals surface area contributed by atoms with Crippen LogP contribution in [0.15, 0.2) is 48.5 Å². The van der Waals surface area contributed by atoms with Crippen molar-refractivity contribution in [1.29, 1.82) is 0 Å². The highest BCUT2D eigenvalue weighted by Gasteiger charge is 2.08. The fraction of sp³-hybridized carbons (Fsp3) is 0.333. The molecule has 20 heavy (non-hydrogen) atoms. The average Bonchev–Trinajstić information content (AvgIpc) is 2.44. The van der Waals surface area contributed by atoms with Crippen LogP contribution in [0.2, 0.25) is 0 Å². The number of alkyl halides is 1. The lowest BCUT2D eigenvalue weighted by molar-refractivity contribution is 0.274. The molecule has 2 rings (SSSR count). The minimum Gasteiger partial charge on any atom is -0.294 e. The van der Waals surface area contributed by atoms with Gasteiger partial charge in [-0.1, -0.05) is 70.0 Å². The van der Waals surface area contributed by atoms with E-state index in [4.69, 9.17) is 0 Å². The SMILES string of the molecule is Cc1ccc(C)c(CN(CCBr)Cc2ccccc2)c1. The molecule has 2 aromatic rings. The van der Waals surface area contributed by atoms with E-state index in [1.807, 2.05) is 0 Å². The smallest absolute Gasteiger partial charge is 0.0240 e. The lowest BCUT2D eigenvalue weighted by Gasteiger charge is -2.23. The summed E-state index contributed by atoms with van der Waals surface area (Å²) < 4.78 is 0. The number of rotatable bonds is 6. The van der Waals surface area contributed by atoms with Gasteiger partial charge in [0.05, 0.1) is 0 Å². The Labute approximate surface area is 130 Å². The Hall–Kier alpha value is -1.12. The van der Waals surface area contributed by atoms with E-state index in [2.05, 4.69) is 83.2 Å². The average molecular weight is 332 g/mol. The Balaban J connectivity index is 2.11. The van der Waals surface area contributed by atoms with Gasteiger partial charge >= 0.3 is 0 Å². The van der Waals surface area contributed by atoms with Gasteiger partial charge in [0.2, 0.25) is 0 Å². The Morgan fingerprint density at radius 3 is 2.40 bits per heavy atom. The first-order chi connectivity index (χ1) is 9.69. The monoisotopic (exact) mass is 331 g/mol. The summed E-state index contributed by atoms with van der Waals surface area (Å²) in [4.78, 5) is 2.49. The van der Waals surface area contributed by atoms with Crippen LogP contribution in [0.3, 0.4) is 0 Å². The van der Waals surface area contributed by atoms with Gasteiger partial charge < -0.3 is 0 Å². The molecule has 0 bridgehead atoms. The van der Waals surface area contributed by atoms with E-state index in [0.29, 0.717) is 0 Å². The Bertz CT molecular complexity index is 536. The van der Waals surface area contributed by atoms with Crippen molar-refractivity contribution in [1.82, 2.24) is 4.90 Å². The quantitative estimate of drug-likeness (QED) is 0.693. The second-order valence-electron chi connectivity index (χ2n) is 5.32. The van der Waals surface area contributed by atoms with Crippen molar-refractivity contribution < 1.29 is 0 Å². The Morgan fingerprint density at radius 2 is 1.70 bits per heavy atom. The fourth-order valence-corrected chi connectivity index (χ4v) is 2.89. The highest BCUT2D eigenvalue weighted by Crippen LogP contribution is 2.15. The molecule has 1 nitrogen and oxygen atoms in total. The summed E-state index contributed by atoms with van der Waals surface area (Å²) in [6.07, 6.45) is 0. The molecule has 0 heterocycles. The molecule has 106 valence electrons. The van der Waals surface area contributed by atoms with Crippen LogP contribution in [-0.2, 0) is 13.1 Å². The lowest BCUT2D eigenvalue weighted by atomic mass is 10.0. The van der Waals surface area contributed by atoms with Gasteiger partial charge in [-0.2, -0.15) is 0 Å². The largest absolute Gasteiger partial charge is 0.294 e. The molecule has 0 aliphatic rings.